The second-order valence-electron chi connectivity index (χ2n) is 4.46. The van der Waals surface area contributed by atoms with E-state index in [4.69, 9.17) is 0 Å². The van der Waals surface area contributed by atoms with E-state index in [1.807, 2.05) is 24.3 Å². The molecule has 2 aromatic rings. The van der Waals surface area contributed by atoms with E-state index in [0.717, 1.165) is 18.5 Å². The van der Waals surface area contributed by atoms with Crippen LogP contribution >= 0.6 is 22.6 Å². The first-order valence-electron chi connectivity index (χ1n) is 6.45. The first-order chi connectivity index (χ1) is 9.22. The van der Waals surface area contributed by atoms with Gasteiger partial charge in [-0.1, -0.05) is 37.3 Å². The van der Waals surface area contributed by atoms with E-state index in [2.05, 4.69) is 47.0 Å². The summed E-state index contributed by atoms with van der Waals surface area (Å²) in [6, 6.07) is 15.2. The second kappa shape index (κ2) is 7.01. The molecular formula is C16H17FIN. The van der Waals surface area contributed by atoms with Crippen LogP contribution in [-0.2, 0) is 0 Å². The third-order valence-electron chi connectivity index (χ3n) is 3.02. The molecule has 1 N–H and O–H groups in total. The molecule has 19 heavy (non-hydrogen) atoms. The van der Waals surface area contributed by atoms with Crippen molar-refractivity contribution < 1.29 is 4.39 Å². The Labute approximate surface area is 127 Å². The average molecular weight is 369 g/mol. The fraction of sp³-hybridized carbons (Fsp3) is 0.250. The lowest BCUT2D eigenvalue weighted by Gasteiger charge is -2.21. The minimum absolute atomic E-state index is 0.119. The van der Waals surface area contributed by atoms with Gasteiger partial charge in [-0.15, -0.1) is 0 Å². The zero-order chi connectivity index (χ0) is 13.7. The Balaban J connectivity index is 2.35. The minimum atomic E-state index is -0.194. The van der Waals surface area contributed by atoms with Crippen LogP contribution in [0.15, 0.2) is 48.5 Å². The van der Waals surface area contributed by atoms with Gasteiger partial charge in [0.25, 0.3) is 0 Å². The van der Waals surface area contributed by atoms with Crippen LogP contribution in [0.4, 0.5) is 4.39 Å². The van der Waals surface area contributed by atoms with E-state index in [1.165, 1.54) is 21.3 Å². The van der Waals surface area contributed by atoms with Gasteiger partial charge in [0, 0.05) is 3.57 Å². The number of benzene rings is 2. The minimum Gasteiger partial charge on any atom is -0.306 e. The van der Waals surface area contributed by atoms with Gasteiger partial charge in [-0.2, -0.15) is 0 Å². The molecule has 0 radical (unpaired) electrons. The molecule has 3 heteroatoms. The molecule has 0 saturated heterocycles. The topological polar surface area (TPSA) is 12.0 Å². The van der Waals surface area contributed by atoms with E-state index < -0.39 is 0 Å². The van der Waals surface area contributed by atoms with Gasteiger partial charge in [0.2, 0.25) is 0 Å². The van der Waals surface area contributed by atoms with E-state index in [-0.39, 0.29) is 11.9 Å². The van der Waals surface area contributed by atoms with Gasteiger partial charge in [-0.3, -0.25) is 0 Å². The van der Waals surface area contributed by atoms with Gasteiger partial charge in [0.15, 0.2) is 0 Å². The normalized spacial score (nSPS) is 12.4. The van der Waals surface area contributed by atoms with Crippen LogP contribution in [0, 0.1) is 9.39 Å². The summed E-state index contributed by atoms with van der Waals surface area (Å²) in [7, 11) is 0. The molecular weight excluding hydrogens is 352 g/mol. The fourth-order valence-electron chi connectivity index (χ4n) is 2.06. The van der Waals surface area contributed by atoms with Crippen LogP contribution in [0.25, 0.3) is 0 Å². The largest absolute Gasteiger partial charge is 0.306 e. The maximum Gasteiger partial charge on any atom is 0.123 e. The molecule has 100 valence electrons. The number of hydrogen-bond donors (Lipinski definition) is 1. The second-order valence-corrected chi connectivity index (χ2v) is 5.62. The Morgan fingerprint density at radius 3 is 2.42 bits per heavy atom. The van der Waals surface area contributed by atoms with Crippen LogP contribution in [0.1, 0.15) is 30.5 Å². The lowest BCUT2D eigenvalue weighted by molar-refractivity contribution is 0.591. The third kappa shape index (κ3) is 3.76. The molecule has 1 unspecified atom stereocenters. The predicted molar refractivity (Wildman–Crippen MR) is 85.7 cm³/mol. The van der Waals surface area contributed by atoms with Gasteiger partial charge in [-0.05, 0) is 64.9 Å². The van der Waals surface area contributed by atoms with Crippen molar-refractivity contribution in [3.05, 3.63) is 69.0 Å². The van der Waals surface area contributed by atoms with Gasteiger partial charge >= 0.3 is 0 Å². The van der Waals surface area contributed by atoms with Crippen LogP contribution < -0.4 is 5.32 Å². The maximum atomic E-state index is 13.1. The highest BCUT2D eigenvalue weighted by Crippen LogP contribution is 2.26. The molecule has 0 bridgehead atoms. The highest BCUT2D eigenvalue weighted by atomic mass is 127. The zero-order valence-corrected chi connectivity index (χ0v) is 13.0. The fourth-order valence-corrected chi connectivity index (χ4v) is 2.76. The summed E-state index contributed by atoms with van der Waals surface area (Å²) >= 11 is 2.35. The van der Waals surface area contributed by atoms with Gasteiger partial charge < -0.3 is 5.32 Å². The molecule has 1 nitrogen and oxygen atoms in total. The lowest BCUT2D eigenvalue weighted by atomic mass is 9.98. The highest BCUT2D eigenvalue weighted by Gasteiger charge is 2.15. The van der Waals surface area contributed by atoms with Crippen LogP contribution in [0.3, 0.4) is 0 Å². The first kappa shape index (κ1) is 14.5. The van der Waals surface area contributed by atoms with Crippen LogP contribution in [0.2, 0.25) is 0 Å². The third-order valence-corrected chi connectivity index (χ3v) is 4.00. The van der Waals surface area contributed by atoms with Crippen molar-refractivity contribution in [3.8, 4) is 0 Å². The summed E-state index contributed by atoms with van der Waals surface area (Å²) in [5.74, 6) is -0.194. The number of nitrogens with one attached hydrogen (secondary N) is 1. The SMILES string of the molecule is CCCNC(c1ccc(F)cc1)c1ccccc1I. The van der Waals surface area contributed by atoms with Crippen molar-refractivity contribution in [1.82, 2.24) is 5.32 Å². The monoisotopic (exact) mass is 369 g/mol. The van der Waals surface area contributed by atoms with E-state index in [1.54, 1.807) is 0 Å². The molecule has 0 spiro atoms. The lowest BCUT2D eigenvalue weighted by Crippen LogP contribution is -2.24. The molecule has 0 saturated carbocycles. The summed E-state index contributed by atoms with van der Waals surface area (Å²) in [6.07, 6.45) is 1.07. The van der Waals surface area contributed by atoms with E-state index >= 15 is 0 Å². The smallest absolute Gasteiger partial charge is 0.123 e. The van der Waals surface area contributed by atoms with Gasteiger partial charge in [0.1, 0.15) is 5.82 Å². The number of hydrogen-bond acceptors (Lipinski definition) is 1. The predicted octanol–water partition coefficient (Wildman–Crippen LogP) is 4.52. The summed E-state index contributed by atoms with van der Waals surface area (Å²) < 4.78 is 14.3. The van der Waals surface area contributed by atoms with Crippen LogP contribution in [-0.4, -0.2) is 6.54 Å². The molecule has 0 aliphatic heterocycles. The van der Waals surface area contributed by atoms with Gasteiger partial charge in [-0.25, -0.2) is 4.39 Å². The van der Waals surface area contributed by atoms with E-state index in [9.17, 15) is 4.39 Å². The maximum absolute atomic E-state index is 13.1. The Kier molecular flexibility index (Phi) is 5.34. The standard InChI is InChI=1S/C16H17FIN/c1-2-11-19-16(12-7-9-13(17)10-8-12)14-5-3-4-6-15(14)18/h3-10,16,19H,2,11H2,1H3. The molecule has 0 heterocycles. The quantitative estimate of drug-likeness (QED) is 0.765. The summed E-state index contributed by atoms with van der Waals surface area (Å²) in [6.45, 7) is 3.08. The Hall–Kier alpha value is -0.940. The molecule has 2 aromatic carbocycles. The molecule has 0 aliphatic carbocycles. The van der Waals surface area contributed by atoms with Gasteiger partial charge in [0.05, 0.1) is 6.04 Å². The Bertz CT molecular complexity index is 525. The van der Waals surface area contributed by atoms with Crippen molar-refractivity contribution in [2.45, 2.75) is 19.4 Å². The molecule has 1 atom stereocenters. The molecule has 0 amide bonds. The molecule has 2 rings (SSSR count). The first-order valence-corrected chi connectivity index (χ1v) is 7.53. The zero-order valence-electron chi connectivity index (χ0n) is 10.9. The van der Waals surface area contributed by atoms with E-state index in [0.29, 0.717) is 0 Å². The van der Waals surface area contributed by atoms with Crippen molar-refractivity contribution in [3.63, 3.8) is 0 Å². The number of halogens is 2. The number of rotatable bonds is 5. The van der Waals surface area contributed by atoms with Crippen molar-refractivity contribution in [1.29, 1.82) is 0 Å². The molecule has 0 aliphatic rings. The molecule has 0 aromatic heterocycles. The van der Waals surface area contributed by atoms with Crippen LogP contribution in [0.5, 0.6) is 0 Å². The average Bonchev–Trinajstić information content (AvgIpc) is 2.43. The Morgan fingerprint density at radius 1 is 1.11 bits per heavy atom. The Morgan fingerprint density at radius 2 is 1.79 bits per heavy atom. The van der Waals surface area contributed by atoms with Crippen molar-refractivity contribution >= 4 is 22.6 Å². The summed E-state index contributed by atoms with van der Waals surface area (Å²) in [5, 5.41) is 3.54. The summed E-state index contributed by atoms with van der Waals surface area (Å²) in [4.78, 5) is 0. The van der Waals surface area contributed by atoms with Crippen molar-refractivity contribution in [2.24, 2.45) is 0 Å². The highest BCUT2D eigenvalue weighted by molar-refractivity contribution is 14.1. The molecule has 0 fully saturated rings. The summed E-state index contributed by atoms with van der Waals surface area (Å²) in [5.41, 5.74) is 2.34. The van der Waals surface area contributed by atoms with Crippen molar-refractivity contribution in [2.75, 3.05) is 6.54 Å².